The van der Waals surface area contributed by atoms with Crippen LogP contribution in [0.25, 0.3) is 0 Å². The SMILES string of the molecule is C=C(O[C@H]1CCCC[C@@H]1c1ccccc1)O[Si](C)(C)C(C)(C)C. The zero-order valence-electron chi connectivity index (χ0n) is 15.4. The van der Waals surface area contributed by atoms with Gasteiger partial charge in [0.25, 0.3) is 14.3 Å². The average Bonchev–Trinajstić information content (AvgIpc) is 2.47. The van der Waals surface area contributed by atoms with Gasteiger partial charge in [-0.1, -0.05) is 57.5 Å². The van der Waals surface area contributed by atoms with E-state index >= 15 is 0 Å². The van der Waals surface area contributed by atoms with Gasteiger partial charge in [-0.3, -0.25) is 0 Å². The Morgan fingerprint density at radius 3 is 2.30 bits per heavy atom. The third-order valence-corrected chi connectivity index (χ3v) is 9.74. The van der Waals surface area contributed by atoms with E-state index in [1.807, 2.05) is 0 Å². The van der Waals surface area contributed by atoms with Gasteiger partial charge in [-0.2, -0.15) is 0 Å². The van der Waals surface area contributed by atoms with Gasteiger partial charge in [0.1, 0.15) is 6.10 Å². The van der Waals surface area contributed by atoms with Crippen molar-refractivity contribution in [2.24, 2.45) is 0 Å². The van der Waals surface area contributed by atoms with Crippen molar-refractivity contribution in [1.29, 1.82) is 0 Å². The van der Waals surface area contributed by atoms with Crippen molar-refractivity contribution in [3.05, 3.63) is 48.4 Å². The topological polar surface area (TPSA) is 18.5 Å². The molecule has 0 amide bonds. The highest BCUT2D eigenvalue weighted by Crippen LogP contribution is 2.40. The molecule has 1 saturated carbocycles. The molecule has 3 heteroatoms. The van der Waals surface area contributed by atoms with Crippen molar-refractivity contribution in [2.75, 3.05) is 0 Å². The zero-order chi connectivity index (χ0) is 17.1. The van der Waals surface area contributed by atoms with E-state index in [1.54, 1.807) is 0 Å². The van der Waals surface area contributed by atoms with Crippen molar-refractivity contribution >= 4 is 8.32 Å². The first-order chi connectivity index (χ1) is 10.7. The summed E-state index contributed by atoms with van der Waals surface area (Å²) >= 11 is 0. The molecule has 2 rings (SSSR count). The molecule has 0 N–H and O–H groups in total. The van der Waals surface area contributed by atoms with Gasteiger partial charge in [0.15, 0.2) is 0 Å². The van der Waals surface area contributed by atoms with Crippen LogP contribution in [0.4, 0.5) is 0 Å². The summed E-state index contributed by atoms with van der Waals surface area (Å²) in [6, 6.07) is 10.7. The van der Waals surface area contributed by atoms with E-state index in [4.69, 9.17) is 9.16 Å². The summed E-state index contributed by atoms with van der Waals surface area (Å²) in [6.07, 6.45) is 4.95. The summed E-state index contributed by atoms with van der Waals surface area (Å²) in [5.41, 5.74) is 1.37. The Labute approximate surface area is 143 Å². The quantitative estimate of drug-likeness (QED) is 0.470. The van der Waals surface area contributed by atoms with Crippen LogP contribution in [0.15, 0.2) is 42.9 Å². The molecule has 1 aromatic rings. The number of rotatable bonds is 5. The molecular formula is C20H32O2Si. The highest BCUT2D eigenvalue weighted by Gasteiger charge is 2.40. The number of benzene rings is 1. The molecule has 1 aliphatic rings. The second-order valence-electron chi connectivity index (χ2n) is 8.19. The summed E-state index contributed by atoms with van der Waals surface area (Å²) in [6.45, 7) is 15.2. The number of ether oxygens (including phenoxy) is 1. The fourth-order valence-corrected chi connectivity index (χ4v) is 3.87. The van der Waals surface area contributed by atoms with Crippen LogP contribution in [-0.2, 0) is 9.16 Å². The fourth-order valence-electron chi connectivity index (χ4n) is 2.95. The molecule has 1 aromatic carbocycles. The van der Waals surface area contributed by atoms with Crippen LogP contribution in [0.3, 0.4) is 0 Å². The van der Waals surface area contributed by atoms with Crippen molar-refractivity contribution < 1.29 is 9.16 Å². The first-order valence-corrected chi connectivity index (χ1v) is 11.7. The summed E-state index contributed by atoms with van der Waals surface area (Å²) in [4.78, 5) is 0. The van der Waals surface area contributed by atoms with Crippen molar-refractivity contribution in [3.8, 4) is 0 Å². The van der Waals surface area contributed by atoms with E-state index in [9.17, 15) is 0 Å². The fraction of sp³-hybridized carbons (Fsp3) is 0.600. The second-order valence-corrected chi connectivity index (χ2v) is 12.9. The predicted molar refractivity (Wildman–Crippen MR) is 99.9 cm³/mol. The van der Waals surface area contributed by atoms with Crippen LogP contribution in [-0.4, -0.2) is 14.4 Å². The van der Waals surface area contributed by atoms with Crippen LogP contribution in [0.2, 0.25) is 18.1 Å². The maximum Gasteiger partial charge on any atom is 0.257 e. The Hall–Kier alpha value is -1.22. The summed E-state index contributed by atoms with van der Waals surface area (Å²) in [5, 5.41) is 0.157. The second kappa shape index (κ2) is 7.12. The molecule has 0 saturated heterocycles. The third-order valence-electron chi connectivity index (χ3n) is 5.39. The van der Waals surface area contributed by atoms with E-state index in [0.29, 0.717) is 11.9 Å². The van der Waals surface area contributed by atoms with E-state index in [0.717, 1.165) is 6.42 Å². The van der Waals surface area contributed by atoms with Crippen LogP contribution in [0.5, 0.6) is 0 Å². The van der Waals surface area contributed by atoms with Crippen molar-refractivity contribution in [2.45, 2.75) is 76.6 Å². The van der Waals surface area contributed by atoms with E-state index in [2.05, 4.69) is 70.8 Å². The lowest BCUT2D eigenvalue weighted by molar-refractivity contribution is 0.00554. The Morgan fingerprint density at radius 2 is 1.70 bits per heavy atom. The van der Waals surface area contributed by atoms with Crippen molar-refractivity contribution in [3.63, 3.8) is 0 Å². The van der Waals surface area contributed by atoms with Crippen LogP contribution in [0, 0.1) is 0 Å². The molecule has 0 aromatic heterocycles. The van der Waals surface area contributed by atoms with Gasteiger partial charge < -0.3 is 9.16 Å². The Kier molecular flexibility index (Phi) is 5.61. The Morgan fingerprint density at radius 1 is 1.09 bits per heavy atom. The average molecular weight is 333 g/mol. The molecule has 0 unspecified atom stereocenters. The lowest BCUT2D eigenvalue weighted by atomic mass is 9.81. The number of hydrogen-bond acceptors (Lipinski definition) is 2. The van der Waals surface area contributed by atoms with Gasteiger partial charge in [0, 0.05) is 5.92 Å². The Bertz CT molecular complexity index is 516. The monoisotopic (exact) mass is 332 g/mol. The minimum Gasteiger partial charge on any atom is -0.519 e. The van der Waals surface area contributed by atoms with Gasteiger partial charge in [0.05, 0.1) is 0 Å². The molecule has 2 nitrogen and oxygen atoms in total. The van der Waals surface area contributed by atoms with Crippen molar-refractivity contribution in [1.82, 2.24) is 0 Å². The minimum atomic E-state index is -1.88. The van der Waals surface area contributed by atoms with Crippen LogP contribution < -0.4 is 0 Å². The summed E-state index contributed by atoms with van der Waals surface area (Å²) in [7, 11) is -1.88. The molecule has 2 atom stereocenters. The standard InChI is InChI=1S/C20H32O2Si/c1-16(22-23(5,6)20(2,3)4)21-19-15-11-10-14-18(19)17-12-8-7-9-13-17/h7-9,12-13,18-19H,1,10-11,14-15H2,2-6H3/t18-,19+/m1/s1. The van der Waals surface area contributed by atoms with Crippen LogP contribution >= 0.6 is 0 Å². The van der Waals surface area contributed by atoms with Crippen LogP contribution in [0.1, 0.15) is 57.9 Å². The highest BCUT2D eigenvalue weighted by atomic mass is 28.4. The normalized spacial score (nSPS) is 22.5. The molecule has 0 spiro atoms. The van der Waals surface area contributed by atoms with E-state index in [-0.39, 0.29) is 11.1 Å². The molecule has 1 fully saturated rings. The predicted octanol–water partition coefficient (Wildman–Crippen LogP) is 6.22. The zero-order valence-corrected chi connectivity index (χ0v) is 16.4. The molecule has 0 radical (unpaired) electrons. The summed E-state index contributed by atoms with van der Waals surface area (Å²) in [5.74, 6) is 0.967. The minimum absolute atomic E-state index is 0.157. The maximum absolute atomic E-state index is 6.21. The number of hydrogen-bond donors (Lipinski definition) is 0. The molecular weight excluding hydrogens is 300 g/mol. The summed E-state index contributed by atoms with van der Waals surface area (Å²) < 4.78 is 12.4. The van der Waals surface area contributed by atoms with Gasteiger partial charge in [0.2, 0.25) is 0 Å². The molecule has 0 heterocycles. The maximum atomic E-state index is 6.21. The Balaban J connectivity index is 2.03. The van der Waals surface area contributed by atoms with Gasteiger partial charge >= 0.3 is 0 Å². The largest absolute Gasteiger partial charge is 0.519 e. The van der Waals surface area contributed by atoms with Gasteiger partial charge in [-0.15, -0.1) is 0 Å². The van der Waals surface area contributed by atoms with E-state index in [1.165, 1.54) is 24.8 Å². The smallest absolute Gasteiger partial charge is 0.257 e. The lowest BCUT2D eigenvalue weighted by Gasteiger charge is -2.39. The third kappa shape index (κ3) is 4.63. The molecule has 0 aliphatic heterocycles. The first-order valence-electron chi connectivity index (χ1n) is 8.80. The molecule has 1 aliphatic carbocycles. The molecule has 23 heavy (non-hydrogen) atoms. The van der Waals surface area contributed by atoms with Gasteiger partial charge in [-0.25, -0.2) is 0 Å². The van der Waals surface area contributed by atoms with Gasteiger partial charge in [-0.05, 0) is 49.5 Å². The molecule has 0 bridgehead atoms. The van der Waals surface area contributed by atoms with E-state index < -0.39 is 8.32 Å². The molecule has 128 valence electrons. The highest BCUT2D eigenvalue weighted by molar-refractivity contribution is 6.74. The first kappa shape index (κ1) is 18.1. The lowest BCUT2D eigenvalue weighted by Crippen LogP contribution is -2.41.